The molecule has 0 radical (unpaired) electrons. The number of aromatic amines is 2. The van der Waals surface area contributed by atoms with Crippen molar-refractivity contribution < 1.29 is 13.3 Å². The lowest BCUT2D eigenvalue weighted by Crippen LogP contribution is -2.26. The molecule has 8 bridgehead atoms. The Morgan fingerprint density at radius 3 is 1.28 bits per heavy atom. The Labute approximate surface area is 334 Å². The molecular formula is C47H36N6O4S. The van der Waals surface area contributed by atoms with Gasteiger partial charge in [-0.2, -0.15) is 0 Å². The Balaban J connectivity index is 1.56. The van der Waals surface area contributed by atoms with Gasteiger partial charge in [0, 0.05) is 58.4 Å². The van der Waals surface area contributed by atoms with Gasteiger partial charge in [-0.05, 0) is 58.7 Å². The Kier molecular flexibility index (Phi) is 9.23. The van der Waals surface area contributed by atoms with Crippen molar-refractivity contribution in [3.05, 3.63) is 178 Å². The zero-order valence-electron chi connectivity index (χ0n) is 31.5. The third-order valence-electron chi connectivity index (χ3n) is 10.4. The Morgan fingerprint density at radius 1 is 0.534 bits per heavy atom. The van der Waals surface area contributed by atoms with Crippen LogP contribution in [0, 0.1) is 10.1 Å². The molecule has 9 rings (SSSR count). The molecule has 0 aliphatic carbocycles. The summed E-state index contributed by atoms with van der Waals surface area (Å²) in [6.45, 7) is 0. The molecule has 4 aromatic carbocycles. The van der Waals surface area contributed by atoms with Crippen LogP contribution in [0.5, 0.6) is 0 Å². The van der Waals surface area contributed by atoms with Crippen LogP contribution in [0.1, 0.15) is 22.8 Å². The normalized spacial score (nSPS) is 12.7. The molecule has 7 aromatic rings. The third kappa shape index (κ3) is 6.51. The predicted molar refractivity (Wildman–Crippen MR) is 233 cm³/mol. The maximum atomic E-state index is 13.8. The fourth-order valence-electron chi connectivity index (χ4n) is 7.67. The van der Waals surface area contributed by atoms with E-state index in [2.05, 4.69) is 9.97 Å². The van der Waals surface area contributed by atoms with Gasteiger partial charge in [-0.3, -0.25) is 10.1 Å². The number of nitrogens with zero attached hydrogens (tertiary/aromatic N) is 4. The number of H-pyrrole nitrogens is 2. The maximum Gasteiger partial charge on any atom is 0.301 e. The average molecular weight is 781 g/mol. The first-order valence-corrected chi connectivity index (χ1v) is 20.3. The summed E-state index contributed by atoms with van der Waals surface area (Å²) in [5.41, 5.74) is 9.77. The first-order chi connectivity index (χ1) is 28.2. The Hall–Kier alpha value is -7.21. The summed E-state index contributed by atoms with van der Waals surface area (Å²) in [5, 5.41) is 13.5. The highest BCUT2D eigenvalue weighted by molar-refractivity contribution is 7.89. The molecule has 10 nitrogen and oxygen atoms in total. The van der Waals surface area contributed by atoms with E-state index in [0.717, 1.165) is 49.0 Å². The Morgan fingerprint density at radius 2 is 0.897 bits per heavy atom. The molecule has 11 heteroatoms. The zero-order chi connectivity index (χ0) is 40.0. The number of benzene rings is 4. The van der Waals surface area contributed by atoms with Gasteiger partial charge in [-0.15, -0.1) is 0 Å². The molecule has 58 heavy (non-hydrogen) atoms. The third-order valence-corrected chi connectivity index (χ3v) is 12.2. The fraction of sp³-hybridized carbons (Fsp3) is 0.0638. The van der Waals surface area contributed by atoms with Crippen LogP contribution in [-0.2, 0) is 10.0 Å². The van der Waals surface area contributed by atoms with E-state index in [4.69, 9.17) is 9.97 Å². The van der Waals surface area contributed by atoms with E-state index in [9.17, 15) is 18.5 Å². The lowest BCUT2D eigenvalue weighted by atomic mass is 9.99. The van der Waals surface area contributed by atoms with Gasteiger partial charge < -0.3 is 9.97 Å². The summed E-state index contributed by atoms with van der Waals surface area (Å²) in [7, 11) is -1.19. The van der Waals surface area contributed by atoms with Crippen LogP contribution in [0.15, 0.2) is 146 Å². The highest BCUT2D eigenvalue weighted by Gasteiger charge is 2.38. The number of aromatic nitrogens is 4. The number of nitrogens with one attached hydrogen (secondary N) is 2. The molecule has 0 saturated carbocycles. The van der Waals surface area contributed by atoms with Gasteiger partial charge in [0.15, 0.2) is 5.69 Å². The van der Waals surface area contributed by atoms with E-state index in [1.54, 1.807) is 0 Å². The van der Waals surface area contributed by atoms with E-state index in [1.807, 2.05) is 158 Å². The maximum absolute atomic E-state index is 13.8. The van der Waals surface area contributed by atoms with Gasteiger partial charge in [0.2, 0.25) is 10.0 Å². The largest absolute Gasteiger partial charge is 0.354 e. The summed E-state index contributed by atoms with van der Waals surface area (Å²) < 4.78 is 28.8. The molecule has 2 aliphatic heterocycles. The number of nitro groups is 1. The number of hydrogen-bond acceptors (Lipinski definition) is 6. The van der Waals surface area contributed by atoms with Crippen LogP contribution in [-0.4, -0.2) is 57.4 Å². The molecule has 0 fully saturated rings. The van der Waals surface area contributed by atoms with Crippen molar-refractivity contribution in [2.45, 2.75) is 0 Å². The summed E-state index contributed by atoms with van der Waals surface area (Å²) in [6, 6.07) is 46.4. The van der Waals surface area contributed by atoms with Crippen molar-refractivity contribution in [3.8, 4) is 44.5 Å². The zero-order valence-corrected chi connectivity index (χ0v) is 32.4. The van der Waals surface area contributed by atoms with Crippen LogP contribution < -0.4 is 0 Å². The van der Waals surface area contributed by atoms with Crippen molar-refractivity contribution in [1.29, 1.82) is 0 Å². The first kappa shape index (κ1) is 36.4. The van der Waals surface area contributed by atoms with E-state index in [0.29, 0.717) is 33.3 Å². The lowest BCUT2D eigenvalue weighted by Gasteiger charge is -2.13. The van der Waals surface area contributed by atoms with Gasteiger partial charge in [0.1, 0.15) is 0 Å². The molecule has 2 aliphatic rings. The second-order valence-corrected chi connectivity index (χ2v) is 16.4. The molecule has 2 N–H and O–H groups in total. The topological polar surface area (TPSA) is 138 Å². The standard InChI is InChI=1S/C47H36N6O4S/c1-52(2)58(56,57)29-34-45-43(32-19-11-5-12-20-32)39-27-25-37(49-39)41(30-15-7-3-8-16-30)35-23-24-36(48-35)42(31-17-9-4-10-18-31)38-26-28-40(50-38)44(33-21-13-6-14-22-33)46(51-45)47(34)53(54)55/h3-28,49-50H,29H2,1-2H3. The highest BCUT2D eigenvalue weighted by Crippen LogP contribution is 2.44. The summed E-state index contributed by atoms with van der Waals surface area (Å²) >= 11 is 0. The van der Waals surface area contributed by atoms with Crippen LogP contribution in [0.25, 0.3) is 90.0 Å². The number of rotatable bonds is 8. The average Bonchev–Trinajstić information content (AvgIpc) is 4.06. The van der Waals surface area contributed by atoms with Crippen LogP contribution >= 0.6 is 0 Å². The van der Waals surface area contributed by atoms with Crippen LogP contribution in [0.2, 0.25) is 0 Å². The SMILES string of the molecule is CN(C)S(=O)(=O)CC1=C([N+](=O)[O-])c2nc1c(-c1ccccc1)c1ccc([nH]1)c(-c1ccccc1)c1nc(c(-c3ccccc3)c3ccc([nH]3)c2-c2ccccc2)C=C1. The second-order valence-electron chi connectivity index (χ2n) is 14.2. The minimum Gasteiger partial charge on any atom is -0.354 e. The van der Waals surface area contributed by atoms with E-state index in [1.165, 1.54) is 14.1 Å². The highest BCUT2D eigenvalue weighted by atomic mass is 32.2. The monoisotopic (exact) mass is 780 g/mol. The molecule has 0 saturated heterocycles. The number of hydrogen-bond donors (Lipinski definition) is 2. The summed E-state index contributed by atoms with van der Waals surface area (Å²) in [4.78, 5) is 30.8. The smallest absolute Gasteiger partial charge is 0.301 e. The Bertz CT molecular complexity index is 3080. The fourth-order valence-corrected chi connectivity index (χ4v) is 8.57. The first-order valence-electron chi connectivity index (χ1n) is 18.7. The van der Waals surface area contributed by atoms with Crippen molar-refractivity contribution in [2.75, 3.05) is 19.8 Å². The lowest BCUT2D eigenvalue weighted by molar-refractivity contribution is -0.374. The second kappa shape index (κ2) is 14.7. The quantitative estimate of drug-likeness (QED) is 0.116. The van der Waals surface area contributed by atoms with Crippen LogP contribution in [0.4, 0.5) is 0 Å². The minimum atomic E-state index is -4.04. The minimum absolute atomic E-state index is 0.0149. The molecular weight excluding hydrogens is 745 g/mol. The molecule has 0 amide bonds. The molecule has 284 valence electrons. The van der Waals surface area contributed by atoms with Crippen molar-refractivity contribution >= 4 is 55.5 Å². The number of sulfonamides is 1. The van der Waals surface area contributed by atoms with E-state index < -0.39 is 20.7 Å². The molecule has 3 aromatic heterocycles. The summed E-state index contributed by atoms with van der Waals surface area (Å²) in [6.07, 6.45) is 4.03. The van der Waals surface area contributed by atoms with E-state index >= 15 is 0 Å². The summed E-state index contributed by atoms with van der Waals surface area (Å²) in [5.74, 6) is -0.659. The van der Waals surface area contributed by atoms with Crippen molar-refractivity contribution in [3.63, 3.8) is 0 Å². The molecule has 0 unspecified atom stereocenters. The van der Waals surface area contributed by atoms with Gasteiger partial charge in [0.25, 0.3) is 0 Å². The predicted octanol–water partition coefficient (Wildman–Crippen LogP) is 10.2. The van der Waals surface area contributed by atoms with Crippen LogP contribution in [0.3, 0.4) is 0 Å². The van der Waals surface area contributed by atoms with Crippen molar-refractivity contribution in [1.82, 2.24) is 24.2 Å². The van der Waals surface area contributed by atoms with Crippen molar-refractivity contribution in [2.24, 2.45) is 0 Å². The molecule has 5 heterocycles. The van der Waals surface area contributed by atoms with E-state index in [-0.39, 0.29) is 22.7 Å². The van der Waals surface area contributed by atoms with Gasteiger partial charge in [0.05, 0.1) is 33.3 Å². The van der Waals surface area contributed by atoms with Gasteiger partial charge in [-0.1, -0.05) is 121 Å². The molecule has 0 spiro atoms. The number of fused-ring (bicyclic) bond motifs is 8. The molecule has 0 atom stereocenters. The van der Waals surface area contributed by atoms with Gasteiger partial charge >= 0.3 is 5.70 Å². The van der Waals surface area contributed by atoms with Gasteiger partial charge in [-0.25, -0.2) is 22.7 Å².